The van der Waals surface area contributed by atoms with Crippen molar-refractivity contribution < 1.29 is 17.6 Å². The van der Waals surface area contributed by atoms with Crippen molar-refractivity contribution >= 4 is 21.4 Å². The van der Waals surface area contributed by atoms with Gasteiger partial charge in [0.25, 0.3) is 5.91 Å². The molecule has 6 heteroatoms. The number of hydrogen-bond donors (Lipinski definition) is 1. The molecule has 0 heterocycles. The molecule has 0 aliphatic carbocycles. The Hall–Kier alpha value is -2.21. The van der Waals surface area contributed by atoms with Gasteiger partial charge in [-0.1, -0.05) is 18.2 Å². The van der Waals surface area contributed by atoms with Crippen molar-refractivity contribution in [3.63, 3.8) is 0 Å². The van der Waals surface area contributed by atoms with Gasteiger partial charge in [-0.2, -0.15) is 0 Å². The van der Waals surface area contributed by atoms with Crippen molar-refractivity contribution in [3.8, 4) is 0 Å². The summed E-state index contributed by atoms with van der Waals surface area (Å²) in [4.78, 5) is 12.1. The third kappa shape index (κ3) is 3.46. The largest absolute Gasteiger partial charge is 0.319 e. The molecule has 2 rings (SSSR count). The highest BCUT2D eigenvalue weighted by atomic mass is 32.2. The molecule has 0 saturated carbocycles. The van der Waals surface area contributed by atoms with Gasteiger partial charge in [0.05, 0.1) is 16.1 Å². The maximum absolute atomic E-state index is 13.6. The van der Waals surface area contributed by atoms with Crippen molar-refractivity contribution in [2.75, 3.05) is 11.6 Å². The van der Waals surface area contributed by atoms with Crippen LogP contribution in [-0.4, -0.2) is 20.6 Å². The number of carbonyl (C=O) groups is 1. The van der Waals surface area contributed by atoms with Gasteiger partial charge in [-0.15, -0.1) is 0 Å². The van der Waals surface area contributed by atoms with Gasteiger partial charge in [-0.05, 0) is 36.8 Å². The van der Waals surface area contributed by atoms with Crippen LogP contribution in [0.5, 0.6) is 0 Å². The maximum atomic E-state index is 13.6. The minimum atomic E-state index is -3.54. The van der Waals surface area contributed by atoms with Gasteiger partial charge in [0.15, 0.2) is 9.84 Å². The topological polar surface area (TPSA) is 63.2 Å². The van der Waals surface area contributed by atoms with Crippen LogP contribution in [0.15, 0.2) is 47.4 Å². The highest BCUT2D eigenvalue weighted by Crippen LogP contribution is 2.20. The Morgan fingerprint density at radius 3 is 2.48 bits per heavy atom. The number of amides is 1. The second-order valence-electron chi connectivity index (χ2n) is 4.71. The van der Waals surface area contributed by atoms with E-state index < -0.39 is 21.6 Å². The molecule has 0 unspecified atom stereocenters. The number of rotatable bonds is 3. The summed E-state index contributed by atoms with van der Waals surface area (Å²) in [5.41, 5.74) is 0.785. The first-order valence-corrected chi connectivity index (χ1v) is 8.05. The second-order valence-corrected chi connectivity index (χ2v) is 6.69. The second kappa shape index (κ2) is 5.65. The molecule has 0 saturated heterocycles. The number of benzene rings is 2. The van der Waals surface area contributed by atoms with Gasteiger partial charge >= 0.3 is 0 Å². The van der Waals surface area contributed by atoms with Crippen molar-refractivity contribution in [1.82, 2.24) is 0 Å². The molecule has 0 spiro atoms. The van der Waals surface area contributed by atoms with Crippen LogP contribution >= 0.6 is 0 Å². The van der Waals surface area contributed by atoms with E-state index in [1.54, 1.807) is 19.1 Å². The van der Waals surface area contributed by atoms with Crippen LogP contribution in [0.4, 0.5) is 10.1 Å². The summed E-state index contributed by atoms with van der Waals surface area (Å²) in [6.07, 6.45) is 1.02. The van der Waals surface area contributed by atoms with Crippen molar-refractivity contribution in [3.05, 3.63) is 59.4 Å². The van der Waals surface area contributed by atoms with Crippen LogP contribution in [0, 0.1) is 12.7 Å². The van der Waals surface area contributed by atoms with Crippen LogP contribution in [0.3, 0.4) is 0 Å². The molecular weight excluding hydrogens is 293 g/mol. The van der Waals surface area contributed by atoms with E-state index in [1.807, 2.05) is 0 Å². The zero-order valence-corrected chi connectivity index (χ0v) is 12.4. The van der Waals surface area contributed by atoms with E-state index in [-0.39, 0.29) is 16.1 Å². The van der Waals surface area contributed by atoms with Gasteiger partial charge in [-0.3, -0.25) is 4.79 Å². The number of aryl methyl sites for hydroxylation is 1. The lowest BCUT2D eigenvalue weighted by Crippen LogP contribution is -2.16. The maximum Gasteiger partial charge on any atom is 0.257 e. The number of sulfone groups is 1. The molecule has 0 radical (unpaired) electrons. The molecule has 21 heavy (non-hydrogen) atoms. The Labute approximate surface area is 122 Å². The fourth-order valence-corrected chi connectivity index (χ4v) is 2.79. The van der Waals surface area contributed by atoms with Crippen molar-refractivity contribution in [2.24, 2.45) is 0 Å². The van der Waals surface area contributed by atoms with Gasteiger partial charge in [0.2, 0.25) is 0 Å². The van der Waals surface area contributed by atoms with Crippen LogP contribution in [0.2, 0.25) is 0 Å². The average Bonchev–Trinajstić information content (AvgIpc) is 2.42. The van der Waals surface area contributed by atoms with E-state index in [2.05, 4.69) is 5.32 Å². The van der Waals surface area contributed by atoms with Crippen LogP contribution in [0.1, 0.15) is 15.9 Å². The van der Waals surface area contributed by atoms with Gasteiger partial charge in [0, 0.05) is 6.26 Å². The molecule has 0 aromatic heterocycles. The van der Waals surface area contributed by atoms with E-state index >= 15 is 0 Å². The lowest BCUT2D eigenvalue weighted by molar-refractivity contribution is 0.102. The summed E-state index contributed by atoms with van der Waals surface area (Å²) >= 11 is 0. The Balaban J connectivity index is 2.40. The van der Waals surface area contributed by atoms with E-state index in [0.29, 0.717) is 0 Å². The van der Waals surface area contributed by atoms with Crippen LogP contribution in [-0.2, 0) is 9.84 Å². The zero-order chi connectivity index (χ0) is 15.6. The number of halogens is 1. The van der Waals surface area contributed by atoms with Crippen molar-refractivity contribution in [2.45, 2.75) is 11.8 Å². The minimum Gasteiger partial charge on any atom is -0.319 e. The number of hydrogen-bond acceptors (Lipinski definition) is 3. The summed E-state index contributed by atoms with van der Waals surface area (Å²) in [7, 11) is -3.54. The van der Waals surface area contributed by atoms with E-state index in [4.69, 9.17) is 0 Å². The molecule has 110 valence electrons. The molecule has 0 bridgehead atoms. The number of carbonyl (C=O) groups excluding carboxylic acids is 1. The molecule has 2 aromatic rings. The molecular formula is C15H14FNO3S. The van der Waals surface area contributed by atoms with Crippen LogP contribution in [0.25, 0.3) is 0 Å². The van der Waals surface area contributed by atoms with Crippen molar-refractivity contribution in [1.29, 1.82) is 0 Å². The molecule has 2 aromatic carbocycles. The van der Waals surface area contributed by atoms with E-state index in [1.165, 1.54) is 30.3 Å². The summed E-state index contributed by atoms with van der Waals surface area (Å²) < 4.78 is 37.0. The monoisotopic (exact) mass is 307 g/mol. The van der Waals surface area contributed by atoms with E-state index in [0.717, 1.165) is 11.8 Å². The smallest absolute Gasteiger partial charge is 0.257 e. The molecule has 1 amide bonds. The lowest BCUT2D eigenvalue weighted by atomic mass is 10.2. The predicted molar refractivity (Wildman–Crippen MR) is 78.6 cm³/mol. The van der Waals surface area contributed by atoms with Gasteiger partial charge in [0.1, 0.15) is 5.82 Å². The third-order valence-electron chi connectivity index (χ3n) is 2.90. The van der Waals surface area contributed by atoms with Gasteiger partial charge < -0.3 is 5.32 Å². The highest BCUT2D eigenvalue weighted by Gasteiger charge is 2.19. The highest BCUT2D eigenvalue weighted by molar-refractivity contribution is 7.90. The fourth-order valence-electron chi connectivity index (χ4n) is 1.90. The molecule has 0 aliphatic rings. The molecule has 1 N–H and O–H groups in total. The first kappa shape index (κ1) is 15.2. The summed E-state index contributed by atoms with van der Waals surface area (Å²) in [5.74, 6) is -1.24. The number of anilines is 1. The van der Waals surface area contributed by atoms with Gasteiger partial charge in [-0.25, -0.2) is 12.8 Å². The molecule has 0 aliphatic heterocycles. The molecule has 4 nitrogen and oxygen atoms in total. The first-order chi connectivity index (χ1) is 9.79. The predicted octanol–water partition coefficient (Wildman–Crippen LogP) is 2.79. The lowest BCUT2D eigenvalue weighted by Gasteiger charge is -2.10. The average molecular weight is 307 g/mol. The number of nitrogens with one attached hydrogen (secondary N) is 1. The Morgan fingerprint density at radius 1 is 1.14 bits per heavy atom. The third-order valence-corrected chi connectivity index (χ3v) is 4.06. The normalized spacial score (nSPS) is 11.2. The standard InChI is InChI=1S/C15H14FNO3S/c1-10-7-8-12(16)13(9-10)17-15(18)11-5-3-4-6-14(11)21(2,19)20/h3-9H,1-2H3,(H,17,18). The quantitative estimate of drug-likeness (QED) is 0.948. The van der Waals surface area contributed by atoms with E-state index in [9.17, 15) is 17.6 Å². The zero-order valence-electron chi connectivity index (χ0n) is 11.6. The summed E-state index contributed by atoms with van der Waals surface area (Å²) in [5, 5.41) is 2.40. The van der Waals surface area contributed by atoms with Crippen LogP contribution < -0.4 is 5.32 Å². The SMILES string of the molecule is Cc1ccc(F)c(NC(=O)c2ccccc2S(C)(=O)=O)c1. The Kier molecular flexibility index (Phi) is 4.09. The minimum absolute atomic E-state index is 0.0130. The first-order valence-electron chi connectivity index (χ1n) is 6.15. The molecule has 0 atom stereocenters. The summed E-state index contributed by atoms with van der Waals surface area (Å²) in [6.45, 7) is 1.76. The Bertz CT molecular complexity index is 800. The Morgan fingerprint density at radius 2 is 1.81 bits per heavy atom. The summed E-state index contributed by atoms with van der Waals surface area (Å²) in [6, 6.07) is 10.1. The fraction of sp³-hybridized carbons (Fsp3) is 0.133. The molecule has 0 fully saturated rings.